The molecule has 0 aromatic carbocycles. The lowest BCUT2D eigenvalue weighted by Gasteiger charge is -2.25. The Labute approximate surface area is 123 Å². The largest absolute Gasteiger partial charge is 0.444 e. The van der Waals surface area contributed by atoms with E-state index >= 15 is 0 Å². The van der Waals surface area contributed by atoms with Crippen molar-refractivity contribution in [3.63, 3.8) is 0 Å². The molecule has 1 unspecified atom stereocenters. The van der Waals surface area contributed by atoms with E-state index in [1.54, 1.807) is 0 Å². The van der Waals surface area contributed by atoms with Gasteiger partial charge in [0.25, 0.3) is 0 Å². The predicted octanol–water partition coefficient (Wildman–Crippen LogP) is 4.45. The second kappa shape index (κ2) is 7.51. The quantitative estimate of drug-likeness (QED) is 0.807. The van der Waals surface area contributed by atoms with Crippen molar-refractivity contribution in [3.05, 3.63) is 23.8 Å². The highest BCUT2D eigenvalue weighted by molar-refractivity contribution is 5.67. The lowest BCUT2D eigenvalue weighted by molar-refractivity contribution is 0.0522. The van der Waals surface area contributed by atoms with E-state index in [-0.39, 0.29) is 6.09 Å². The molecule has 0 aromatic rings. The third-order valence-corrected chi connectivity index (χ3v) is 3.61. The fourth-order valence-corrected chi connectivity index (χ4v) is 2.56. The summed E-state index contributed by atoms with van der Waals surface area (Å²) in [7, 11) is 0. The van der Waals surface area contributed by atoms with Crippen molar-refractivity contribution in [1.82, 2.24) is 5.32 Å². The fraction of sp³-hybridized carbons (Fsp3) is 0.706. The van der Waals surface area contributed by atoms with Gasteiger partial charge >= 0.3 is 6.09 Å². The van der Waals surface area contributed by atoms with Gasteiger partial charge in [-0.2, -0.15) is 0 Å². The minimum absolute atomic E-state index is 0.329. The molecule has 114 valence electrons. The number of ether oxygens (including phenoxy) is 1. The van der Waals surface area contributed by atoms with Crippen LogP contribution in [0.25, 0.3) is 0 Å². The van der Waals surface area contributed by atoms with Crippen LogP contribution < -0.4 is 5.32 Å². The van der Waals surface area contributed by atoms with Crippen LogP contribution in [0.4, 0.5) is 4.79 Å². The maximum atomic E-state index is 11.7. The van der Waals surface area contributed by atoms with E-state index in [9.17, 15) is 4.79 Å². The number of allylic oxidation sites excluding steroid dienone is 3. The highest BCUT2D eigenvalue weighted by atomic mass is 16.6. The molecule has 0 fully saturated rings. The number of hydrogen-bond acceptors (Lipinski definition) is 2. The number of carbonyl (C=O) groups is 1. The molecule has 0 aromatic heterocycles. The van der Waals surface area contributed by atoms with Crippen molar-refractivity contribution in [2.75, 3.05) is 6.54 Å². The van der Waals surface area contributed by atoms with Gasteiger partial charge in [0.2, 0.25) is 0 Å². The molecule has 0 aliphatic heterocycles. The van der Waals surface area contributed by atoms with Crippen molar-refractivity contribution < 1.29 is 9.53 Å². The van der Waals surface area contributed by atoms with Crippen molar-refractivity contribution in [2.24, 2.45) is 11.8 Å². The van der Waals surface area contributed by atoms with Gasteiger partial charge in [-0.25, -0.2) is 4.79 Å². The molecule has 0 bridgehead atoms. The predicted molar refractivity (Wildman–Crippen MR) is 83.6 cm³/mol. The third-order valence-electron chi connectivity index (χ3n) is 3.61. The number of amides is 1. The molecule has 1 N–H and O–H groups in total. The number of rotatable bonds is 5. The van der Waals surface area contributed by atoms with Crippen LogP contribution in [0.3, 0.4) is 0 Å². The lowest BCUT2D eigenvalue weighted by atomic mass is 9.84. The molecule has 3 heteroatoms. The molecule has 1 amide bonds. The van der Waals surface area contributed by atoms with E-state index in [0.29, 0.717) is 18.4 Å². The van der Waals surface area contributed by atoms with Gasteiger partial charge in [0.15, 0.2) is 0 Å². The first-order valence-electron chi connectivity index (χ1n) is 7.69. The van der Waals surface area contributed by atoms with Gasteiger partial charge in [0, 0.05) is 6.54 Å². The second-order valence-corrected chi connectivity index (χ2v) is 6.49. The van der Waals surface area contributed by atoms with Crippen LogP contribution in [0.5, 0.6) is 0 Å². The van der Waals surface area contributed by atoms with Crippen LogP contribution in [0, 0.1) is 11.8 Å². The van der Waals surface area contributed by atoms with Gasteiger partial charge < -0.3 is 10.1 Å². The molecule has 1 aliphatic carbocycles. The van der Waals surface area contributed by atoms with Crippen molar-refractivity contribution in [2.45, 2.75) is 59.5 Å². The average Bonchev–Trinajstić information content (AvgIpc) is 2.36. The third kappa shape index (κ3) is 5.81. The van der Waals surface area contributed by atoms with Crippen molar-refractivity contribution in [3.8, 4) is 0 Å². The minimum atomic E-state index is -0.437. The summed E-state index contributed by atoms with van der Waals surface area (Å²) in [6.45, 7) is 10.7. The molecule has 0 spiro atoms. The first-order valence-corrected chi connectivity index (χ1v) is 7.69. The summed E-state index contributed by atoms with van der Waals surface area (Å²) in [5.74, 6) is 1.05. The first-order chi connectivity index (χ1) is 9.35. The molecular weight excluding hydrogens is 250 g/mol. The topological polar surface area (TPSA) is 38.3 Å². The number of hydrogen-bond donors (Lipinski definition) is 1. The lowest BCUT2D eigenvalue weighted by Crippen LogP contribution is -2.35. The first kappa shape index (κ1) is 16.8. The summed E-state index contributed by atoms with van der Waals surface area (Å²) in [5, 5.41) is 2.86. The van der Waals surface area contributed by atoms with Crippen molar-refractivity contribution >= 4 is 6.09 Å². The van der Waals surface area contributed by atoms with Gasteiger partial charge in [-0.3, -0.25) is 0 Å². The summed E-state index contributed by atoms with van der Waals surface area (Å²) >= 11 is 0. The van der Waals surface area contributed by atoms with Crippen LogP contribution in [0.2, 0.25) is 0 Å². The zero-order chi connectivity index (χ0) is 15.2. The van der Waals surface area contributed by atoms with Crippen LogP contribution in [0.1, 0.15) is 53.9 Å². The Balaban J connectivity index is 2.42. The monoisotopic (exact) mass is 279 g/mol. The molecule has 0 heterocycles. The average molecular weight is 279 g/mol. The van der Waals surface area contributed by atoms with E-state index in [0.717, 1.165) is 6.42 Å². The fourth-order valence-electron chi connectivity index (χ4n) is 2.56. The molecule has 20 heavy (non-hydrogen) atoms. The molecule has 3 nitrogen and oxygen atoms in total. The Hall–Kier alpha value is -1.25. The maximum Gasteiger partial charge on any atom is 0.407 e. The Morgan fingerprint density at radius 1 is 1.40 bits per heavy atom. The van der Waals surface area contributed by atoms with Crippen LogP contribution in [-0.2, 0) is 4.74 Å². The summed E-state index contributed by atoms with van der Waals surface area (Å²) in [5.41, 5.74) is 1.07. The van der Waals surface area contributed by atoms with Crippen LogP contribution in [-0.4, -0.2) is 18.2 Å². The van der Waals surface area contributed by atoms with Gasteiger partial charge in [0.05, 0.1) is 0 Å². The Kier molecular flexibility index (Phi) is 6.31. The Morgan fingerprint density at radius 2 is 2.05 bits per heavy atom. The molecule has 0 saturated carbocycles. The minimum Gasteiger partial charge on any atom is -0.444 e. The van der Waals surface area contributed by atoms with E-state index < -0.39 is 5.60 Å². The van der Waals surface area contributed by atoms with E-state index in [2.05, 4.69) is 37.4 Å². The Bertz CT molecular complexity index is 373. The zero-order valence-corrected chi connectivity index (χ0v) is 13.5. The molecule has 0 saturated heterocycles. The molecule has 1 aliphatic rings. The molecule has 0 radical (unpaired) electrons. The van der Waals surface area contributed by atoms with Gasteiger partial charge in [0.1, 0.15) is 5.60 Å². The number of alkyl carbamates (subject to hydrolysis) is 1. The van der Waals surface area contributed by atoms with Gasteiger partial charge in [-0.15, -0.1) is 0 Å². The maximum absolute atomic E-state index is 11.7. The Morgan fingerprint density at radius 3 is 2.60 bits per heavy atom. The normalized spacial score (nSPS) is 18.9. The summed E-state index contributed by atoms with van der Waals surface area (Å²) < 4.78 is 5.26. The van der Waals surface area contributed by atoms with Gasteiger partial charge in [-0.05, 0) is 51.9 Å². The van der Waals surface area contributed by atoms with E-state index in [4.69, 9.17) is 4.74 Å². The molecule has 1 atom stereocenters. The second-order valence-electron chi connectivity index (χ2n) is 6.49. The highest BCUT2D eigenvalue weighted by Crippen LogP contribution is 2.28. The van der Waals surface area contributed by atoms with E-state index in [1.165, 1.54) is 18.4 Å². The molecular formula is C17H29NO2. The van der Waals surface area contributed by atoms with Gasteiger partial charge in [-0.1, -0.05) is 37.6 Å². The van der Waals surface area contributed by atoms with Crippen LogP contribution in [0.15, 0.2) is 23.8 Å². The highest BCUT2D eigenvalue weighted by Gasteiger charge is 2.19. The summed E-state index contributed by atoms with van der Waals surface area (Å²) in [6.07, 6.45) is 9.61. The summed E-state index contributed by atoms with van der Waals surface area (Å²) in [6, 6.07) is 0. The SMILES string of the molecule is CCC(CC)C1=CC=CC(CNC(=O)OC(C)(C)C)C1. The zero-order valence-electron chi connectivity index (χ0n) is 13.5. The van der Waals surface area contributed by atoms with Crippen LogP contribution >= 0.6 is 0 Å². The van der Waals surface area contributed by atoms with E-state index in [1.807, 2.05) is 20.8 Å². The standard InChI is InChI=1S/C17H29NO2/c1-6-14(7-2)15-10-8-9-13(11-15)12-18-16(19)20-17(3,4)5/h8-10,13-14H,6-7,11-12H2,1-5H3,(H,18,19). The molecule has 1 rings (SSSR count). The summed E-state index contributed by atoms with van der Waals surface area (Å²) in [4.78, 5) is 11.7. The van der Waals surface area contributed by atoms with Crippen molar-refractivity contribution in [1.29, 1.82) is 0 Å². The number of nitrogens with one attached hydrogen (secondary N) is 1. The smallest absolute Gasteiger partial charge is 0.407 e. The number of carbonyl (C=O) groups excluding carboxylic acids is 1.